The van der Waals surface area contributed by atoms with Crippen molar-refractivity contribution >= 4 is 0 Å². The number of hydrogen-bond donors (Lipinski definition) is 1. The summed E-state index contributed by atoms with van der Waals surface area (Å²) in [5.74, 6) is -1.42. The molecule has 2 aromatic rings. The van der Waals surface area contributed by atoms with Crippen LogP contribution in [0.25, 0.3) is 0 Å². The molecule has 0 unspecified atom stereocenters. The fraction of sp³-hybridized carbons (Fsp3) is 0.200. The molecule has 0 spiro atoms. The van der Waals surface area contributed by atoms with Crippen molar-refractivity contribution in [3.05, 3.63) is 59.4 Å². The molecule has 2 rings (SSSR count). The SMILES string of the molecule is NCCc1ccc(Oc2ccccc2F)c(C(F)(F)F)c1. The van der Waals surface area contributed by atoms with Gasteiger partial charge >= 0.3 is 6.18 Å². The maximum absolute atomic E-state index is 13.5. The Labute approximate surface area is 119 Å². The van der Waals surface area contributed by atoms with Crippen LogP contribution in [0.2, 0.25) is 0 Å². The number of hydrogen-bond acceptors (Lipinski definition) is 2. The van der Waals surface area contributed by atoms with E-state index in [1.54, 1.807) is 0 Å². The van der Waals surface area contributed by atoms with Crippen molar-refractivity contribution in [2.75, 3.05) is 6.54 Å². The molecule has 2 nitrogen and oxygen atoms in total. The first kappa shape index (κ1) is 15.3. The Kier molecular flexibility index (Phi) is 4.47. The lowest BCUT2D eigenvalue weighted by atomic mass is 10.1. The standard InChI is InChI=1S/C15H13F4NO/c16-12-3-1-2-4-14(12)21-13-6-5-10(7-8-20)9-11(13)15(17,18)19/h1-6,9H,7-8,20H2. The zero-order valence-corrected chi connectivity index (χ0v) is 11.0. The van der Waals surface area contributed by atoms with Gasteiger partial charge in [-0.25, -0.2) is 4.39 Å². The maximum atomic E-state index is 13.5. The molecule has 0 aliphatic rings. The lowest BCUT2D eigenvalue weighted by molar-refractivity contribution is -0.138. The molecule has 0 saturated heterocycles. The molecule has 2 aromatic carbocycles. The molecule has 0 amide bonds. The molecule has 112 valence electrons. The summed E-state index contributed by atoms with van der Waals surface area (Å²) >= 11 is 0. The van der Waals surface area contributed by atoms with Crippen LogP contribution in [0.15, 0.2) is 42.5 Å². The second-order valence-corrected chi connectivity index (χ2v) is 4.40. The van der Waals surface area contributed by atoms with Crippen LogP contribution in [-0.4, -0.2) is 6.54 Å². The molecular weight excluding hydrogens is 286 g/mol. The molecule has 0 aliphatic carbocycles. The van der Waals surface area contributed by atoms with E-state index < -0.39 is 23.3 Å². The summed E-state index contributed by atoms with van der Waals surface area (Å²) in [5, 5.41) is 0. The van der Waals surface area contributed by atoms with E-state index in [2.05, 4.69) is 0 Å². The molecule has 0 saturated carbocycles. The van der Waals surface area contributed by atoms with E-state index in [1.807, 2.05) is 0 Å². The van der Waals surface area contributed by atoms with E-state index in [-0.39, 0.29) is 12.3 Å². The second-order valence-electron chi connectivity index (χ2n) is 4.40. The fourth-order valence-electron chi connectivity index (χ4n) is 1.86. The van der Waals surface area contributed by atoms with Gasteiger partial charge in [0.1, 0.15) is 5.75 Å². The third kappa shape index (κ3) is 3.72. The molecular formula is C15H13F4NO. The van der Waals surface area contributed by atoms with E-state index in [0.29, 0.717) is 12.0 Å². The first-order chi connectivity index (χ1) is 9.91. The fourth-order valence-corrected chi connectivity index (χ4v) is 1.86. The maximum Gasteiger partial charge on any atom is 0.419 e. The predicted octanol–water partition coefficient (Wildman–Crippen LogP) is 4.14. The average Bonchev–Trinajstić information content (AvgIpc) is 2.42. The van der Waals surface area contributed by atoms with Crippen LogP contribution in [0.5, 0.6) is 11.5 Å². The van der Waals surface area contributed by atoms with Crippen molar-refractivity contribution < 1.29 is 22.3 Å². The third-order valence-corrected chi connectivity index (χ3v) is 2.84. The summed E-state index contributed by atoms with van der Waals surface area (Å²) < 4.78 is 57.8. The number of rotatable bonds is 4. The van der Waals surface area contributed by atoms with E-state index in [0.717, 1.165) is 12.1 Å². The molecule has 21 heavy (non-hydrogen) atoms. The first-order valence-electron chi connectivity index (χ1n) is 6.24. The highest BCUT2D eigenvalue weighted by atomic mass is 19.4. The van der Waals surface area contributed by atoms with Crippen LogP contribution in [0.4, 0.5) is 17.6 Å². The highest BCUT2D eigenvalue weighted by Gasteiger charge is 2.35. The molecule has 0 fully saturated rings. The van der Waals surface area contributed by atoms with Gasteiger partial charge < -0.3 is 10.5 Å². The lowest BCUT2D eigenvalue weighted by Crippen LogP contribution is -2.10. The van der Waals surface area contributed by atoms with Gasteiger partial charge in [0.2, 0.25) is 0 Å². The average molecular weight is 299 g/mol. The monoisotopic (exact) mass is 299 g/mol. The predicted molar refractivity (Wildman–Crippen MR) is 70.7 cm³/mol. The van der Waals surface area contributed by atoms with E-state index in [1.165, 1.54) is 30.3 Å². The molecule has 6 heteroatoms. The molecule has 0 heterocycles. The zero-order chi connectivity index (χ0) is 15.5. The number of halogens is 4. The van der Waals surface area contributed by atoms with E-state index in [9.17, 15) is 17.6 Å². The van der Waals surface area contributed by atoms with Gasteiger partial charge in [-0.2, -0.15) is 13.2 Å². The second kappa shape index (κ2) is 6.13. The van der Waals surface area contributed by atoms with Crippen LogP contribution in [0, 0.1) is 5.82 Å². The van der Waals surface area contributed by atoms with Crippen molar-refractivity contribution in [1.29, 1.82) is 0 Å². The van der Waals surface area contributed by atoms with Crippen molar-refractivity contribution in [3.63, 3.8) is 0 Å². The third-order valence-electron chi connectivity index (χ3n) is 2.84. The van der Waals surface area contributed by atoms with Crippen molar-refractivity contribution in [2.24, 2.45) is 5.73 Å². The first-order valence-corrected chi connectivity index (χ1v) is 6.24. The highest BCUT2D eigenvalue weighted by molar-refractivity contribution is 5.42. The normalized spacial score (nSPS) is 11.5. The van der Waals surface area contributed by atoms with Gasteiger partial charge in [0.25, 0.3) is 0 Å². The van der Waals surface area contributed by atoms with Crippen molar-refractivity contribution in [1.82, 2.24) is 0 Å². The van der Waals surface area contributed by atoms with E-state index >= 15 is 0 Å². The zero-order valence-electron chi connectivity index (χ0n) is 11.0. The van der Waals surface area contributed by atoms with Crippen LogP contribution >= 0.6 is 0 Å². The van der Waals surface area contributed by atoms with Crippen LogP contribution in [0.1, 0.15) is 11.1 Å². The van der Waals surface area contributed by atoms with Crippen molar-refractivity contribution in [3.8, 4) is 11.5 Å². The topological polar surface area (TPSA) is 35.2 Å². The lowest BCUT2D eigenvalue weighted by Gasteiger charge is -2.15. The van der Waals surface area contributed by atoms with Gasteiger partial charge in [-0.15, -0.1) is 0 Å². The van der Waals surface area contributed by atoms with Crippen LogP contribution < -0.4 is 10.5 Å². The summed E-state index contributed by atoms with van der Waals surface area (Å²) in [6, 6.07) is 8.93. The molecule has 2 N–H and O–H groups in total. The van der Waals surface area contributed by atoms with Crippen LogP contribution in [-0.2, 0) is 12.6 Å². The number of para-hydroxylation sites is 1. The van der Waals surface area contributed by atoms with Gasteiger partial charge in [0, 0.05) is 0 Å². The smallest absolute Gasteiger partial charge is 0.419 e. The Morgan fingerprint density at radius 3 is 2.33 bits per heavy atom. The minimum atomic E-state index is -4.59. The summed E-state index contributed by atoms with van der Waals surface area (Å²) in [5.41, 5.74) is 4.84. The van der Waals surface area contributed by atoms with Gasteiger partial charge in [-0.1, -0.05) is 18.2 Å². The minimum absolute atomic E-state index is 0.241. The Morgan fingerprint density at radius 2 is 1.71 bits per heavy atom. The number of alkyl halides is 3. The molecule has 0 aromatic heterocycles. The van der Waals surface area contributed by atoms with Gasteiger partial charge in [-0.05, 0) is 42.8 Å². The Balaban J connectivity index is 2.41. The van der Waals surface area contributed by atoms with E-state index in [4.69, 9.17) is 10.5 Å². The summed E-state index contributed by atoms with van der Waals surface area (Å²) in [7, 11) is 0. The quantitative estimate of drug-likeness (QED) is 0.861. The summed E-state index contributed by atoms with van der Waals surface area (Å²) in [4.78, 5) is 0. The summed E-state index contributed by atoms with van der Waals surface area (Å²) in [6.45, 7) is 0.241. The largest absolute Gasteiger partial charge is 0.454 e. The van der Waals surface area contributed by atoms with Crippen LogP contribution in [0.3, 0.4) is 0 Å². The highest BCUT2D eigenvalue weighted by Crippen LogP contribution is 2.39. The van der Waals surface area contributed by atoms with Gasteiger partial charge in [-0.3, -0.25) is 0 Å². The summed E-state index contributed by atoms with van der Waals surface area (Å²) in [6.07, 6.45) is -4.27. The van der Waals surface area contributed by atoms with Crippen molar-refractivity contribution in [2.45, 2.75) is 12.6 Å². The minimum Gasteiger partial charge on any atom is -0.454 e. The molecule has 0 aliphatic heterocycles. The van der Waals surface area contributed by atoms with Gasteiger partial charge in [0.05, 0.1) is 5.56 Å². The van der Waals surface area contributed by atoms with Gasteiger partial charge in [0.15, 0.2) is 11.6 Å². The Bertz CT molecular complexity index is 625. The number of ether oxygens (including phenoxy) is 1. The Morgan fingerprint density at radius 1 is 1.00 bits per heavy atom. The molecule has 0 bridgehead atoms. The number of benzene rings is 2. The number of nitrogens with two attached hydrogens (primary N) is 1. The molecule has 0 atom stereocenters. The molecule has 0 radical (unpaired) electrons. The Hall–Kier alpha value is -2.08.